The molecule has 0 aliphatic carbocycles. The van der Waals surface area contributed by atoms with Crippen LogP contribution in [0.25, 0.3) is 0 Å². The SMILES string of the molecule is CCCCC[CH2][Sn]([N](C)C)([N](C)C)[N](C)C. The van der Waals surface area contributed by atoms with Crippen LogP contribution in [0, 0.1) is 0 Å². The Morgan fingerprint density at radius 3 is 1.44 bits per heavy atom. The van der Waals surface area contributed by atoms with Crippen molar-refractivity contribution in [2.24, 2.45) is 0 Å². The average Bonchev–Trinajstić information content (AvgIpc) is 2.16. The molecule has 0 aromatic heterocycles. The Kier molecular flexibility index (Phi) is 8.24. The van der Waals surface area contributed by atoms with Gasteiger partial charge in [0.15, 0.2) is 0 Å². The second-order valence-corrected chi connectivity index (χ2v) is 18.8. The molecule has 0 aliphatic heterocycles. The zero-order valence-electron chi connectivity index (χ0n) is 12.4. The van der Waals surface area contributed by atoms with Crippen molar-refractivity contribution in [2.75, 3.05) is 42.3 Å². The molecule has 0 rings (SSSR count). The quantitative estimate of drug-likeness (QED) is 0.497. The van der Waals surface area contributed by atoms with Gasteiger partial charge in [-0.15, -0.1) is 0 Å². The Morgan fingerprint density at radius 2 is 1.12 bits per heavy atom. The molecule has 98 valence electrons. The Labute approximate surface area is 108 Å². The molecule has 16 heavy (non-hydrogen) atoms. The van der Waals surface area contributed by atoms with Crippen molar-refractivity contribution in [2.45, 2.75) is 37.0 Å². The van der Waals surface area contributed by atoms with Crippen LogP contribution in [-0.4, -0.2) is 70.8 Å². The fraction of sp³-hybridized carbons (Fsp3) is 1.00. The van der Waals surface area contributed by atoms with Gasteiger partial charge in [0.2, 0.25) is 0 Å². The van der Waals surface area contributed by atoms with E-state index in [0.29, 0.717) is 0 Å². The fourth-order valence-corrected chi connectivity index (χ4v) is 15.4. The number of nitrogens with zero attached hydrogens (tertiary/aromatic N) is 3. The van der Waals surface area contributed by atoms with Crippen molar-refractivity contribution in [1.29, 1.82) is 0 Å². The molecule has 0 radical (unpaired) electrons. The van der Waals surface area contributed by atoms with Gasteiger partial charge in [-0.05, 0) is 0 Å². The van der Waals surface area contributed by atoms with E-state index in [2.05, 4.69) is 58.6 Å². The van der Waals surface area contributed by atoms with Gasteiger partial charge in [-0.25, -0.2) is 0 Å². The molecule has 0 N–H and O–H groups in total. The molecular formula is C12H31N3Sn. The van der Waals surface area contributed by atoms with Crippen LogP contribution in [0.15, 0.2) is 0 Å². The average molecular weight is 336 g/mol. The number of rotatable bonds is 8. The molecule has 0 aromatic carbocycles. The normalized spacial score (nSPS) is 13.1. The van der Waals surface area contributed by atoms with Crippen LogP contribution in [0.3, 0.4) is 0 Å². The van der Waals surface area contributed by atoms with E-state index in [1.165, 1.54) is 30.1 Å². The van der Waals surface area contributed by atoms with Crippen molar-refractivity contribution in [1.82, 2.24) is 9.36 Å². The molecule has 0 saturated carbocycles. The molecular weight excluding hydrogens is 305 g/mol. The summed E-state index contributed by atoms with van der Waals surface area (Å²) in [5.74, 6) is 0. The molecule has 0 atom stereocenters. The summed E-state index contributed by atoms with van der Waals surface area (Å²) in [7, 11) is 13.6. The summed E-state index contributed by atoms with van der Waals surface area (Å²) in [6.45, 7) is 2.28. The van der Waals surface area contributed by atoms with E-state index in [9.17, 15) is 0 Å². The van der Waals surface area contributed by atoms with E-state index in [0.717, 1.165) is 0 Å². The minimum absolute atomic E-state index is 1.33. The molecule has 0 amide bonds. The maximum absolute atomic E-state index is 2.53. The van der Waals surface area contributed by atoms with E-state index in [1.807, 2.05) is 0 Å². The molecule has 4 heteroatoms. The van der Waals surface area contributed by atoms with Gasteiger partial charge in [0.05, 0.1) is 0 Å². The van der Waals surface area contributed by atoms with Gasteiger partial charge in [0.25, 0.3) is 0 Å². The maximum atomic E-state index is 2.53. The van der Waals surface area contributed by atoms with Crippen molar-refractivity contribution in [3.63, 3.8) is 0 Å². The summed E-state index contributed by atoms with van der Waals surface area (Å²) in [4.78, 5) is 0. The third kappa shape index (κ3) is 4.17. The van der Waals surface area contributed by atoms with Crippen LogP contribution in [0.4, 0.5) is 0 Å². The number of hydrogen-bond donors (Lipinski definition) is 0. The monoisotopic (exact) mass is 337 g/mol. The van der Waals surface area contributed by atoms with Crippen molar-refractivity contribution in [3.8, 4) is 0 Å². The summed E-state index contributed by atoms with van der Waals surface area (Å²) in [6, 6.07) is 0. The van der Waals surface area contributed by atoms with Gasteiger partial charge in [-0.3, -0.25) is 0 Å². The molecule has 0 unspecified atom stereocenters. The van der Waals surface area contributed by atoms with Crippen LogP contribution < -0.4 is 0 Å². The molecule has 0 heterocycles. The minimum atomic E-state index is -2.41. The van der Waals surface area contributed by atoms with E-state index >= 15 is 0 Å². The Morgan fingerprint density at radius 1 is 0.688 bits per heavy atom. The van der Waals surface area contributed by atoms with Crippen LogP contribution in [-0.2, 0) is 0 Å². The molecule has 0 aromatic rings. The molecule has 0 spiro atoms. The summed E-state index contributed by atoms with van der Waals surface area (Å²) in [6.07, 6.45) is 5.49. The second kappa shape index (κ2) is 7.90. The van der Waals surface area contributed by atoms with Gasteiger partial charge in [0, 0.05) is 0 Å². The van der Waals surface area contributed by atoms with Gasteiger partial charge in [0.1, 0.15) is 0 Å². The Balaban J connectivity index is 4.52. The summed E-state index contributed by atoms with van der Waals surface area (Å²) in [5, 5.41) is 0. The Bertz CT molecular complexity index is 159. The molecule has 0 saturated heterocycles. The van der Waals surface area contributed by atoms with Crippen molar-refractivity contribution in [3.05, 3.63) is 0 Å². The summed E-state index contributed by atoms with van der Waals surface area (Å²) < 4.78 is 8.99. The van der Waals surface area contributed by atoms with E-state index in [4.69, 9.17) is 0 Å². The number of unbranched alkanes of at least 4 members (excludes halogenated alkanes) is 3. The first-order valence-electron chi connectivity index (χ1n) is 6.41. The third-order valence-corrected chi connectivity index (χ3v) is 18.7. The fourth-order valence-electron chi connectivity index (χ4n) is 2.66. The number of hydrogen-bond acceptors (Lipinski definition) is 3. The Hall–Kier alpha value is 0.679. The summed E-state index contributed by atoms with van der Waals surface area (Å²) >= 11 is -2.41. The van der Waals surface area contributed by atoms with Gasteiger partial charge in [-0.2, -0.15) is 0 Å². The van der Waals surface area contributed by atoms with Crippen molar-refractivity contribution >= 4 is 19.2 Å². The predicted octanol–water partition coefficient (Wildman–Crippen LogP) is 2.19. The van der Waals surface area contributed by atoms with E-state index < -0.39 is 19.2 Å². The standard InChI is InChI=1S/C6H13.3C2H6N.Sn/c1-3-5-6-4-2;3*1-3-2;/h1,3-6H2,2H3;3*1-2H3;/q;3*-1;+3. The summed E-state index contributed by atoms with van der Waals surface area (Å²) in [5.41, 5.74) is 0. The van der Waals surface area contributed by atoms with E-state index in [1.54, 1.807) is 0 Å². The van der Waals surface area contributed by atoms with Crippen molar-refractivity contribution < 1.29 is 0 Å². The van der Waals surface area contributed by atoms with Crippen LogP contribution in [0.5, 0.6) is 0 Å². The van der Waals surface area contributed by atoms with Gasteiger partial charge < -0.3 is 0 Å². The molecule has 3 nitrogen and oxygen atoms in total. The molecule has 0 fully saturated rings. The van der Waals surface area contributed by atoms with Crippen LogP contribution in [0.2, 0.25) is 4.44 Å². The molecule has 0 bridgehead atoms. The zero-order chi connectivity index (χ0) is 12.8. The predicted molar refractivity (Wildman–Crippen MR) is 75.8 cm³/mol. The van der Waals surface area contributed by atoms with Gasteiger partial charge in [-0.1, -0.05) is 0 Å². The zero-order valence-corrected chi connectivity index (χ0v) is 15.2. The van der Waals surface area contributed by atoms with E-state index in [-0.39, 0.29) is 0 Å². The first kappa shape index (κ1) is 16.7. The first-order valence-corrected chi connectivity index (χ1v) is 12.3. The first-order chi connectivity index (χ1) is 7.39. The molecule has 0 aliphatic rings. The third-order valence-electron chi connectivity index (χ3n) is 3.51. The second-order valence-electron chi connectivity index (χ2n) is 5.27. The van der Waals surface area contributed by atoms with Crippen LogP contribution >= 0.6 is 0 Å². The van der Waals surface area contributed by atoms with Crippen LogP contribution in [0.1, 0.15) is 32.6 Å². The topological polar surface area (TPSA) is 9.72 Å². The van der Waals surface area contributed by atoms with Gasteiger partial charge >= 0.3 is 108 Å².